The molecule has 1 aromatic heterocycles. The molecule has 0 radical (unpaired) electrons. The third-order valence-electron chi connectivity index (χ3n) is 2.52. The van der Waals surface area contributed by atoms with Crippen molar-refractivity contribution in [2.75, 3.05) is 18.0 Å². The SMILES string of the molecule is CC.Cc1cnc(N2CC(N)C(F)(P)C2)nc1. The highest BCUT2D eigenvalue weighted by molar-refractivity contribution is 7.18. The Kier molecular flexibility index (Phi) is 4.78. The molecule has 0 aromatic carbocycles. The Bertz CT molecular complexity index is 355. The first-order valence-corrected chi connectivity index (χ1v) is 6.34. The third kappa shape index (κ3) is 3.33. The van der Waals surface area contributed by atoms with E-state index in [1.54, 1.807) is 17.3 Å². The minimum atomic E-state index is -1.44. The molecule has 1 aliphatic heterocycles. The summed E-state index contributed by atoms with van der Waals surface area (Å²) < 4.78 is 13.8. The Morgan fingerprint density at radius 3 is 2.41 bits per heavy atom. The van der Waals surface area contributed by atoms with E-state index in [1.807, 2.05) is 20.8 Å². The summed E-state index contributed by atoms with van der Waals surface area (Å²) in [5, 5.41) is -1.44. The zero-order valence-corrected chi connectivity index (χ0v) is 11.7. The smallest absolute Gasteiger partial charge is 0.225 e. The molecule has 0 spiro atoms. The second kappa shape index (κ2) is 5.69. The predicted octanol–water partition coefficient (Wildman–Crippen LogP) is 1.50. The minimum absolute atomic E-state index is 0.224. The van der Waals surface area contributed by atoms with Crippen LogP contribution in [0.4, 0.5) is 10.3 Å². The lowest BCUT2D eigenvalue weighted by Gasteiger charge is -2.17. The van der Waals surface area contributed by atoms with Crippen molar-refractivity contribution in [1.82, 2.24) is 9.97 Å². The Hall–Kier alpha value is -0.800. The number of nitrogens with zero attached hydrogens (tertiary/aromatic N) is 3. The van der Waals surface area contributed by atoms with Crippen molar-refractivity contribution in [3.63, 3.8) is 0 Å². The molecule has 6 heteroatoms. The van der Waals surface area contributed by atoms with Crippen LogP contribution in [0, 0.1) is 6.92 Å². The van der Waals surface area contributed by atoms with E-state index < -0.39 is 11.5 Å². The van der Waals surface area contributed by atoms with Gasteiger partial charge < -0.3 is 10.6 Å². The van der Waals surface area contributed by atoms with Crippen LogP contribution in [0.3, 0.4) is 0 Å². The number of aromatic nitrogens is 2. The molecule has 1 fully saturated rings. The summed E-state index contributed by atoms with van der Waals surface area (Å²) >= 11 is 0. The maximum Gasteiger partial charge on any atom is 0.225 e. The van der Waals surface area contributed by atoms with Crippen LogP contribution in [-0.2, 0) is 0 Å². The van der Waals surface area contributed by atoms with Gasteiger partial charge in [-0.25, -0.2) is 14.4 Å². The van der Waals surface area contributed by atoms with Gasteiger partial charge in [-0.15, -0.1) is 0 Å². The van der Waals surface area contributed by atoms with Crippen LogP contribution in [0.15, 0.2) is 12.4 Å². The minimum Gasteiger partial charge on any atom is -0.336 e. The molecule has 1 aromatic rings. The summed E-state index contributed by atoms with van der Waals surface area (Å²) in [4.78, 5) is 10.0. The lowest BCUT2D eigenvalue weighted by atomic mass is 10.2. The molecular weight excluding hydrogens is 238 g/mol. The number of nitrogens with two attached hydrogens (primary N) is 1. The van der Waals surface area contributed by atoms with Gasteiger partial charge in [-0.1, -0.05) is 23.1 Å². The molecule has 2 N–H and O–H groups in total. The predicted molar refractivity (Wildman–Crippen MR) is 71.9 cm³/mol. The zero-order chi connectivity index (χ0) is 13.1. The second-order valence-corrected chi connectivity index (χ2v) is 4.93. The Labute approximate surface area is 104 Å². The average Bonchev–Trinajstić information content (AvgIpc) is 2.57. The molecule has 2 rings (SSSR count). The summed E-state index contributed by atoms with van der Waals surface area (Å²) in [5.74, 6) is 0.540. The van der Waals surface area contributed by atoms with Crippen LogP contribution >= 0.6 is 9.24 Å². The van der Waals surface area contributed by atoms with Gasteiger partial charge in [0.1, 0.15) is 0 Å². The molecule has 0 amide bonds. The van der Waals surface area contributed by atoms with Crippen LogP contribution < -0.4 is 10.6 Å². The van der Waals surface area contributed by atoms with Gasteiger partial charge >= 0.3 is 0 Å². The van der Waals surface area contributed by atoms with Crippen LogP contribution in [0.2, 0.25) is 0 Å². The largest absolute Gasteiger partial charge is 0.336 e. The van der Waals surface area contributed by atoms with Crippen LogP contribution in [0.25, 0.3) is 0 Å². The molecule has 4 nitrogen and oxygen atoms in total. The lowest BCUT2D eigenvalue weighted by molar-refractivity contribution is 0.288. The fraction of sp³-hybridized carbons (Fsp3) is 0.636. The van der Waals surface area contributed by atoms with E-state index >= 15 is 0 Å². The molecule has 1 aliphatic rings. The highest BCUT2D eigenvalue weighted by Gasteiger charge is 2.42. The molecule has 96 valence electrons. The van der Waals surface area contributed by atoms with Crippen LogP contribution in [0.1, 0.15) is 19.4 Å². The number of halogens is 1. The molecule has 0 bridgehead atoms. The zero-order valence-electron chi connectivity index (χ0n) is 10.5. The van der Waals surface area contributed by atoms with Crippen molar-refractivity contribution >= 4 is 15.2 Å². The second-order valence-electron chi connectivity index (χ2n) is 3.97. The molecule has 3 unspecified atom stereocenters. The van der Waals surface area contributed by atoms with E-state index in [0.717, 1.165) is 5.56 Å². The first-order valence-electron chi connectivity index (χ1n) is 5.76. The van der Waals surface area contributed by atoms with E-state index in [-0.39, 0.29) is 6.54 Å². The molecule has 3 atom stereocenters. The fourth-order valence-electron chi connectivity index (χ4n) is 1.56. The molecule has 17 heavy (non-hydrogen) atoms. The Morgan fingerprint density at radius 1 is 1.47 bits per heavy atom. The highest BCUT2D eigenvalue weighted by Crippen LogP contribution is 2.32. The summed E-state index contributed by atoms with van der Waals surface area (Å²) in [7, 11) is 2.16. The lowest BCUT2D eigenvalue weighted by Crippen LogP contribution is -2.37. The van der Waals surface area contributed by atoms with Gasteiger partial charge in [-0.05, 0) is 12.5 Å². The third-order valence-corrected chi connectivity index (χ3v) is 3.13. The van der Waals surface area contributed by atoms with Crippen molar-refractivity contribution in [3.8, 4) is 0 Å². The van der Waals surface area contributed by atoms with E-state index in [4.69, 9.17) is 5.73 Å². The van der Waals surface area contributed by atoms with Crippen LogP contribution in [-0.4, -0.2) is 34.5 Å². The van der Waals surface area contributed by atoms with E-state index in [1.165, 1.54) is 0 Å². The summed E-state index contributed by atoms with van der Waals surface area (Å²) in [6.45, 7) is 6.58. The highest BCUT2D eigenvalue weighted by atomic mass is 31.0. The van der Waals surface area contributed by atoms with Gasteiger partial charge in [0.15, 0.2) is 5.41 Å². The van der Waals surface area contributed by atoms with Gasteiger partial charge in [0.25, 0.3) is 0 Å². The summed E-state index contributed by atoms with van der Waals surface area (Å²) in [6.07, 6.45) is 3.43. The number of rotatable bonds is 1. The first-order chi connectivity index (χ1) is 7.99. The molecule has 1 saturated heterocycles. The first kappa shape index (κ1) is 14.3. The molecule has 0 aliphatic carbocycles. The standard InChI is InChI=1S/C9H14FN4P.C2H6/c1-6-2-12-8(13-3-6)14-4-7(11)9(10,15)5-14;1-2/h2-3,7H,4-5,11,15H2,1H3;1-2H3. The van der Waals surface area contributed by atoms with Gasteiger partial charge in [-0.2, -0.15) is 0 Å². The number of alkyl halides is 1. The van der Waals surface area contributed by atoms with Crippen LogP contribution in [0.5, 0.6) is 0 Å². The topological polar surface area (TPSA) is 55.0 Å². The van der Waals surface area contributed by atoms with Crippen molar-refractivity contribution < 1.29 is 4.39 Å². The maximum atomic E-state index is 13.8. The van der Waals surface area contributed by atoms with Crippen molar-refractivity contribution in [2.45, 2.75) is 32.2 Å². The number of hydrogen-bond acceptors (Lipinski definition) is 4. The Morgan fingerprint density at radius 2 is 2.00 bits per heavy atom. The van der Waals surface area contributed by atoms with Gasteiger partial charge in [0.05, 0.1) is 12.6 Å². The fourth-order valence-corrected chi connectivity index (χ4v) is 1.89. The van der Waals surface area contributed by atoms with Gasteiger partial charge in [-0.3, -0.25) is 0 Å². The van der Waals surface area contributed by atoms with E-state index in [2.05, 4.69) is 19.2 Å². The maximum absolute atomic E-state index is 13.8. The van der Waals surface area contributed by atoms with Gasteiger partial charge in [0.2, 0.25) is 5.95 Å². The van der Waals surface area contributed by atoms with Crippen molar-refractivity contribution in [3.05, 3.63) is 18.0 Å². The van der Waals surface area contributed by atoms with Crippen molar-refractivity contribution in [2.24, 2.45) is 5.73 Å². The number of anilines is 1. The molecular formula is C11H20FN4P. The van der Waals surface area contributed by atoms with Crippen molar-refractivity contribution in [1.29, 1.82) is 0 Å². The molecule has 0 saturated carbocycles. The van der Waals surface area contributed by atoms with E-state index in [0.29, 0.717) is 12.5 Å². The molecule has 2 heterocycles. The van der Waals surface area contributed by atoms with E-state index in [9.17, 15) is 4.39 Å². The Balaban J connectivity index is 0.000000686. The monoisotopic (exact) mass is 258 g/mol. The quantitative estimate of drug-likeness (QED) is 0.776. The number of hydrogen-bond donors (Lipinski definition) is 1. The summed E-state index contributed by atoms with van der Waals surface area (Å²) in [6, 6.07) is -0.507. The average molecular weight is 258 g/mol. The summed E-state index contributed by atoms with van der Waals surface area (Å²) in [5.41, 5.74) is 6.66. The van der Waals surface area contributed by atoms with Gasteiger partial charge in [0, 0.05) is 18.9 Å². The number of aryl methyl sites for hydroxylation is 1. The normalized spacial score (nSPS) is 27.6.